The first-order chi connectivity index (χ1) is 11.9. The second kappa shape index (κ2) is 6.82. The summed E-state index contributed by atoms with van der Waals surface area (Å²) in [7, 11) is -3.66. The molecule has 0 aliphatic rings. The monoisotopic (exact) mass is 356 g/mol. The lowest BCUT2D eigenvalue weighted by Gasteiger charge is -2.26. The Morgan fingerprint density at radius 1 is 1.00 bits per heavy atom. The number of hydrogen-bond donors (Lipinski definition) is 1. The second-order valence-electron chi connectivity index (χ2n) is 6.20. The van der Waals surface area contributed by atoms with Crippen LogP contribution in [0.1, 0.15) is 19.4 Å². The van der Waals surface area contributed by atoms with E-state index in [0.717, 1.165) is 5.56 Å². The molecule has 0 radical (unpaired) electrons. The number of rotatable bonds is 5. The maximum absolute atomic E-state index is 13.1. The molecule has 3 aromatic rings. The van der Waals surface area contributed by atoms with Crippen molar-refractivity contribution in [2.45, 2.75) is 31.3 Å². The van der Waals surface area contributed by atoms with Crippen molar-refractivity contribution in [1.29, 1.82) is 0 Å². The molecule has 0 aliphatic carbocycles. The molecule has 0 spiro atoms. The minimum absolute atomic E-state index is 0.184. The highest BCUT2D eigenvalue weighted by atomic mass is 32.2. The average Bonchev–Trinajstić information content (AvgIpc) is 2.59. The molecule has 25 heavy (non-hydrogen) atoms. The Morgan fingerprint density at radius 3 is 2.40 bits per heavy atom. The van der Waals surface area contributed by atoms with Gasteiger partial charge in [-0.1, -0.05) is 30.3 Å². The first-order valence-electron chi connectivity index (χ1n) is 8.07. The molecular formula is C19H20N2O3S. The number of hydrogen-bond acceptors (Lipinski definition) is 3. The molecule has 0 unspecified atom stereocenters. The Balaban J connectivity index is 2.03. The molecule has 2 aromatic carbocycles. The van der Waals surface area contributed by atoms with Crippen LogP contribution in [0.3, 0.4) is 0 Å². The fourth-order valence-corrected chi connectivity index (χ4v) is 4.40. The van der Waals surface area contributed by atoms with E-state index in [4.69, 9.17) is 0 Å². The number of benzene rings is 2. The van der Waals surface area contributed by atoms with Gasteiger partial charge in [-0.15, -0.1) is 0 Å². The molecule has 5 nitrogen and oxygen atoms in total. The smallest absolute Gasteiger partial charge is 0.248 e. The summed E-state index contributed by atoms with van der Waals surface area (Å²) in [5.74, 6) is 0. The zero-order valence-corrected chi connectivity index (χ0v) is 15.0. The van der Waals surface area contributed by atoms with E-state index in [-0.39, 0.29) is 16.5 Å². The predicted octanol–water partition coefficient (Wildman–Crippen LogP) is 3.13. The molecule has 130 valence electrons. The largest absolute Gasteiger partial charge is 0.322 e. The van der Waals surface area contributed by atoms with Crippen LogP contribution in [0.2, 0.25) is 0 Å². The molecule has 3 rings (SSSR count). The second-order valence-corrected chi connectivity index (χ2v) is 8.09. The summed E-state index contributed by atoms with van der Waals surface area (Å²) in [6.45, 7) is 4.03. The molecule has 0 fully saturated rings. The van der Waals surface area contributed by atoms with Gasteiger partial charge in [-0.2, -0.15) is 4.31 Å². The Labute approximate surface area is 147 Å². The van der Waals surface area contributed by atoms with Crippen LogP contribution in [0.5, 0.6) is 0 Å². The summed E-state index contributed by atoms with van der Waals surface area (Å²) < 4.78 is 27.8. The van der Waals surface area contributed by atoms with Crippen LogP contribution in [-0.2, 0) is 16.6 Å². The number of nitrogens with one attached hydrogen (secondary N) is 1. The maximum Gasteiger partial charge on any atom is 0.248 e. The molecule has 0 aliphatic heterocycles. The average molecular weight is 356 g/mol. The minimum Gasteiger partial charge on any atom is -0.322 e. The van der Waals surface area contributed by atoms with Gasteiger partial charge in [0.1, 0.15) is 0 Å². The lowest BCUT2D eigenvalue weighted by Crippen LogP contribution is -2.36. The van der Waals surface area contributed by atoms with Gasteiger partial charge in [0.05, 0.1) is 4.90 Å². The molecular weight excluding hydrogens is 336 g/mol. The summed E-state index contributed by atoms with van der Waals surface area (Å²) in [5.41, 5.74) is 1.34. The van der Waals surface area contributed by atoms with Crippen molar-refractivity contribution in [3.8, 4) is 0 Å². The van der Waals surface area contributed by atoms with E-state index in [2.05, 4.69) is 4.98 Å². The molecule has 0 saturated heterocycles. The lowest BCUT2D eigenvalue weighted by atomic mass is 10.2. The van der Waals surface area contributed by atoms with E-state index in [1.807, 2.05) is 44.2 Å². The fraction of sp³-hybridized carbons (Fsp3) is 0.211. The van der Waals surface area contributed by atoms with Crippen molar-refractivity contribution >= 4 is 20.9 Å². The quantitative estimate of drug-likeness (QED) is 0.763. The number of pyridine rings is 1. The summed E-state index contributed by atoms with van der Waals surface area (Å²) in [6.07, 6.45) is 0. The number of aromatic nitrogens is 1. The van der Waals surface area contributed by atoms with Crippen molar-refractivity contribution in [3.63, 3.8) is 0 Å². The number of aromatic amines is 1. The van der Waals surface area contributed by atoms with Gasteiger partial charge in [0.25, 0.3) is 0 Å². The van der Waals surface area contributed by atoms with E-state index >= 15 is 0 Å². The third-order valence-electron chi connectivity index (χ3n) is 4.06. The Morgan fingerprint density at radius 2 is 1.72 bits per heavy atom. The van der Waals surface area contributed by atoms with Gasteiger partial charge >= 0.3 is 0 Å². The van der Waals surface area contributed by atoms with E-state index in [1.165, 1.54) is 16.4 Å². The van der Waals surface area contributed by atoms with Crippen LogP contribution in [0.25, 0.3) is 10.9 Å². The number of H-pyrrole nitrogens is 1. The van der Waals surface area contributed by atoms with Crippen LogP contribution >= 0.6 is 0 Å². The van der Waals surface area contributed by atoms with E-state index in [0.29, 0.717) is 17.4 Å². The molecule has 0 atom stereocenters. The van der Waals surface area contributed by atoms with Gasteiger partial charge in [0.15, 0.2) is 0 Å². The normalized spacial score (nSPS) is 12.2. The van der Waals surface area contributed by atoms with E-state index < -0.39 is 10.0 Å². The van der Waals surface area contributed by atoms with E-state index in [9.17, 15) is 13.2 Å². The van der Waals surface area contributed by atoms with Gasteiger partial charge in [-0.25, -0.2) is 8.42 Å². The lowest BCUT2D eigenvalue weighted by molar-refractivity contribution is 0.348. The van der Waals surface area contributed by atoms with Gasteiger partial charge in [-0.05, 0) is 49.1 Å². The van der Waals surface area contributed by atoms with Crippen LogP contribution in [0.4, 0.5) is 0 Å². The molecule has 0 bridgehead atoms. The van der Waals surface area contributed by atoms with Crippen molar-refractivity contribution in [2.24, 2.45) is 0 Å². The summed E-state index contributed by atoms with van der Waals surface area (Å²) in [5, 5.41) is 0.684. The highest BCUT2D eigenvalue weighted by molar-refractivity contribution is 7.89. The highest BCUT2D eigenvalue weighted by Crippen LogP contribution is 2.23. The minimum atomic E-state index is -3.66. The van der Waals surface area contributed by atoms with Crippen LogP contribution in [0.15, 0.2) is 70.4 Å². The highest BCUT2D eigenvalue weighted by Gasteiger charge is 2.27. The SMILES string of the molecule is CC(C)N(Cc1ccccc1)S(=O)(=O)c1ccc2[nH]c(=O)ccc2c1. The van der Waals surface area contributed by atoms with Gasteiger partial charge in [0, 0.05) is 24.2 Å². The number of nitrogens with zero attached hydrogens (tertiary/aromatic N) is 1. The van der Waals surface area contributed by atoms with Crippen LogP contribution in [-0.4, -0.2) is 23.7 Å². The number of fused-ring (bicyclic) bond motifs is 1. The molecule has 6 heteroatoms. The molecule has 0 saturated carbocycles. The van der Waals surface area contributed by atoms with Gasteiger partial charge in [-0.3, -0.25) is 4.79 Å². The molecule has 1 aromatic heterocycles. The summed E-state index contributed by atoms with van der Waals surface area (Å²) in [4.78, 5) is 14.3. The maximum atomic E-state index is 13.1. The first-order valence-corrected chi connectivity index (χ1v) is 9.51. The Hall–Kier alpha value is -2.44. The topological polar surface area (TPSA) is 70.2 Å². The third kappa shape index (κ3) is 3.65. The zero-order valence-electron chi connectivity index (χ0n) is 14.1. The zero-order chi connectivity index (χ0) is 18.0. The fourth-order valence-electron chi connectivity index (χ4n) is 2.74. The van der Waals surface area contributed by atoms with Crippen molar-refractivity contribution in [1.82, 2.24) is 9.29 Å². The Bertz CT molecular complexity index is 1040. The summed E-state index contributed by atoms with van der Waals surface area (Å²) >= 11 is 0. The summed E-state index contributed by atoms with van der Waals surface area (Å²) in [6, 6.07) is 17.1. The van der Waals surface area contributed by atoms with E-state index in [1.54, 1.807) is 18.2 Å². The molecule has 1 heterocycles. The van der Waals surface area contributed by atoms with Gasteiger partial charge in [0.2, 0.25) is 15.6 Å². The van der Waals surface area contributed by atoms with Crippen molar-refractivity contribution in [3.05, 3.63) is 76.6 Å². The third-order valence-corrected chi connectivity index (χ3v) is 6.08. The Kier molecular flexibility index (Phi) is 4.74. The van der Waals surface area contributed by atoms with Crippen LogP contribution < -0.4 is 5.56 Å². The van der Waals surface area contributed by atoms with Gasteiger partial charge < -0.3 is 4.98 Å². The number of sulfonamides is 1. The van der Waals surface area contributed by atoms with Crippen molar-refractivity contribution in [2.75, 3.05) is 0 Å². The van der Waals surface area contributed by atoms with Crippen LogP contribution in [0, 0.1) is 0 Å². The van der Waals surface area contributed by atoms with Crippen molar-refractivity contribution < 1.29 is 8.42 Å². The predicted molar refractivity (Wildman–Crippen MR) is 98.9 cm³/mol. The molecule has 1 N–H and O–H groups in total. The molecule has 0 amide bonds. The standard InChI is InChI=1S/C19H20N2O3S/c1-14(2)21(13-15-6-4-3-5-7-15)25(23,24)17-9-10-18-16(12-17)8-11-19(22)20-18/h3-12,14H,13H2,1-2H3,(H,20,22). The first kappa shape index (κ1) is 17.4.